The molecule has 2 aromatic rings. The first-order valence-electron chi connectivity index (χ1n) is 5.68. The van der Waals surface area contributed by atoms with Gasteiger partial charge in [0.15, 0.2) is 0 Å². The molecule has 1 N–H and O–H groups in total. The fraction of sp³-hybridized carbons (Fsp3) is 0.231. The second-order valence-electron chi connectivity index (χ2n) is 3.80. The molecule has 0 fully saturated rings. The third-order valence-corrected chi connectivity index (χ3v) is 2.97. The van der Waals surface area contributed by atoms with Gasteiger partial charge in [-0.2, -0.15) is 10.4 Å². The molecule has 0 unspecified atom stereocenters. The topological polar surface area (TPSA) is 53.6 Å². The first kappa shape index (κ1) is 12.5. The number of benzene rings is 1. The van der Waals surface area contributed by atoms with Crippen LogP contribution in [-0.4, -0.2) is 9.78 Å². The van der Waals surface area contributed by atoms with Crippen molar-refractivity contribution in [1.29, 1.82) is 5.26 Å². The Bertz CT molecular complexity index is 583. The summed E-state index contributed by atoms with van der Waals surface area (Å²) in [5.74, 6) is 0. The van der Waals surface area contributed by atoms with Crippen LogP contribution in [0, 0.1) is 11.3 Å². The van der Waals surface area contributed by atoms with Gasteiger partial charge in [-0.3, -0.25) is 4.68 Å². The average Bonchev–Trinajstić information content (AvgIpc) is 2.84. The van der Waals surface area contributed by atoms with Gasteiger partial charge in [0.2, 0.25) is 0 Å². The van der Waals surface area contributed by atoms with Gasteiger partial charge in [0, 0.05) is 12.7 Å². The van der Waals surface area contributed by atoms with E-state index in [1.54, 1.807) is 18.3 Å². The molecule has 2 rings (SSSR count). The van der Waals surface area contributed by atoms with Gasteiger partial charge in [-0.15, -0.1) is 0 Å². The van der Waals surface area contributed by atoms with Gasteiger partial charge >= 0.3 is 0 Å². The van der Waals surface area contributed by atoms with Crippen LogP contribution in [-0.2, 0) is 13.1 Å². The van der Waals surface area contributed by atoms with Crippen molar-refractivity contribution < 1.29 is 0 Å². The Kier molecular flexibility index (Phi) is 3.85. The molecule has 4 nitrogen and oxygen atoms in total. The molecule has 0 saturated carbocycles. The second-order valence-corrected chi connectivity index (χ2v) is 4.21. The van der Waals surface area contributed by atoms with Crippen molar-refractivity contribution in [2.45, 2.75) is 20.0 Å². The maximum atomic E-state index is 8.76. The van der Waals surface area contributed by atoms with Gasteiger partial charge in [-0.05, 0) is 31.2 Å². The monoisotopic (exact) mass is 260 g/mol. The number of halogens is 1. The lowest BCUT2D eigenvalue weighted by Crippen LogP contribution is -2.08. The molecule has 0 amide bonds. The standard InChI is InChI=1S/C13H13ClN4/c1-2-18-11(5-6-17-18)9-16-13-4-3-10(8-15)7-12(13)14/h3-7,16H,2,9H2,1H3. The first-order valence-corrected chi connectivity index (χ1v) is 6.06. The van der Waals surface area contributed by atoms with Crippen LogP contribution in [0.2, 0.25) is 5.02 Å². The van der Waals surface area contributed by atoms with Crippen molar-refractivity contribution in [2.75, 3.05) is 5.32 Å². The normalized spacial score (nSPS) is 10.1. The van der Waals surface area contributed by atoms with Gasteiger partial charge in [-0.25, -0.2) is 0 Å². The predicted octanol–water partition coefficient (Wildman–Crippen LogP) is 3.04. The molecule has 0 bridgehead atoms. The molecule has 0 saturated heterocycles. The fourth-order valence-electron chi connectivity index (χ4n) is 1.71. The number of aryl methyl sites for hydroxylation is 1. The van der Waals surface area contributed by atoms with Crippen molar-refractivity contribution in [1.82, 2.24) is 9.78 Å². The van der Waals surface area contributed by atoms with Gasteiger partial charge < -0.3 is 5.32 Å². The maximum absolute atomic E-state index is 8.76. The van der Waals surface area contributed by atoms with Crippen LogP contribution in [0.15, 0.2) is 30.5 Å². The highest BCUT2D eigenvalue weighted by molar-refractivity contribution is 6.33. The highest BCUT2D eigenvalue weighted by Gasteiger charge is 2.04. The summed E-state index contributed by atoms with van der Waals surface area (Å²) in [7, 11) is 0. The molecule has 5 heteroatoms. The summed E-state index contributed by atoms with van der Waals surface area (Å²) >= 11 is 6.09. The SMILES string of the molecule is CCn1nccc1CNc1ccc(C#N)cc1Cl. The Morgan fingerprint density at radius 2 is 2.28 bits per heavy atom. The number of nitrogens with one attached hydrogen (secondary N) is 1. The summed E-state index contributed by atoms with van der Waals surface area (Å²) in [6.07, 6.45) is 1.78. The number of aromatic nitrogens is 2. The van der Waals surface area contributed by atoms with Crippen LogP contribution in [0.25, 0.3) is 0 Å². The fourth-order valence-corrected chi connectivity index (χ4v) is 1.96. The van der Waals surface area contributed by atoms with E-state index in [1.165, 1.54) is 0 Å². The quantitative estimate of drug-likeness (QED) is 0.919. The van der Waals surface area contributed by atoms with Crippen LogP contribution < -0.4 is 5.32 Å². The minimum absolute atomic E-state index is 0.552. The van der Waals surface area contributed by atoms with E-state index in [9.17, 15) is 0 Å². The van der Waals surface area contributed by atoms with E-state index in [1.807, 2.05) is 23.7 Å². The Morgan fingerprint density at radius 1 is 1.44 bits per heavy atom. The van der Waals surface area contributed by atoms with Crippen LogP contribution in [0.4, 0.5) is 5.69 Å². The van der Waals surface area contributed by atoms with Gasteiger partial charge in [-0.1, -0.05) is 11.6 Å². The molecule has 0 atom stereocenters. The van der Waals surface area contributed by atoms with E-state index in [-0.39, 0.29) is 0 Å². The molecule has 0 aliphatic carbocycles. The molecule has 1 aromatic carbocycles. The number of hydrogen-bond donors (Lipinski definition) is 1. The number of rotatable bonds is 4. The number of anilines is 1. The largest absolute Gasteiger partial charge is 0.378 e. The molecular weight excluding hydrogens is 248 g/mol. The molecule has 0 aliphatic rings. The summed E-state index contributed by atoms with van der Waals surface area (Å²) in [6, 6.07) is 9.23. The van der Waals surface area contributed by atoms with E-state index in [0.29, 0.717) is 17.1 Å². The molecular formula is C13H13ClN4. The highest BCUT2D eigenvalue weighted by atomic mass is 35.5. The smallest absolute Gasteiger partial charge is 0.0992 e. The second kappa shape index (κ2) is 5.56. The van der Waals surface area contributed by atoms with Crippen molar-refractivity contribution in [3.63, 3.8) is 0 Å². The molecule has 0 spiro atoms. The zero-order chi connectivity index (χ0) is 13.0. The Balaban J connectivity index is 2.09. The van der Waals surface area contributed by atoms with Crippen LogP contribution >= 0.6 is 11.6 Å². The third kappa shape index (κ3) is 2.63. The van der Waals surface area contributed by atoms with Crippen molar-refractivity contribution in [2.24, 2.45) is 0 Å². The summed E-state index contributed by atoms with van der Waals surface area (Å²) in [5, 5.41) is 16.7. The Morgan fingerprint density at radius 3 is 2.94 bits per heavy atom. The van der Waals surface area contributed by atoms with E-state index in [2.05, 4.69) is 16.5 Å². The van der Waals surface area contributed by atoms with Crippen LogP contribution in [0.1, 0.15) is 18.2 Å². The number of nitrogens with zero attached hydrogens (tertiary/aromatic N) is 3. The lowest BCUT2D eigenvalue weighted by Gasteiger charge is -2.09. The van der Waals surface area contributed by atoms with Crippen molar-refractivity contribution in [3.8, 4) is 6.07 Å². The number of hydrogen-bond acceptors (Lipinski definition) is 3. The van der Waals surface area contributed by atoms with Gasteiger partial charge in [0.1, 0.15) is 0 Å². The molecule has 92 valence electrons. The highest BCUT2D eigenvalue weighted by Crippen LogP contribution is 2.23. The predicted molar refractivity (Wildman–Crippen MR) is 71.4 cm³/mol. The molecule has 1 aromatic heterocycles. The summed E-state index contributed by atoms with van der Waals surface area (Å²) in [5.41, 5.74) is 2.47. The minimum Gasteiger partial charge on any atom is -0.378 e. The van der Waals surface area contributed by atoms with Gasteiger partial charge in [0.25, 0.3) is 0 Å². The van der Waals surface area contributed by atoms with Crippen LogP contribution in [0.5, 0.6) is 0 Å². The van der Waals surface area contributed by atoms with Crippen molar-refractivity contribution >= 4 is 17.3 Å². The zero-order valence-electron chi connectivity index (χ0n) is 10.0. The number of nitriles is 1. The molecule has 1 heterocycles. The average molecular weight is 261 g/mol. The summed E-state index contributed by atoms with van der Waals surface area (Å²) in [4.78, 5) is 0. The lowest BCUT2D eigenvalue weighted by molar-refractivity contribution is 0.627. The summed E-state index contributed by atoms with van der Waals surface area (Å²) < 4.78 is 1.92. The summed E-state index contributed by atoms with van der Waals surface area (Å²) in [6.45, 7) is 3.54. The van der Waals surface area contributed by atoms with E-state index in [0.717, 1.165) is 17.9 Å². The van der Waals surface area contributed by atoms with E-state index in [4.69, 9.17) is 16.9 Å². The van der Waals surface area contributed by atoms with Gasteiger partial charge in [0.05, 0.1) is 34.6 Å². The van der Waals surface area contributed by atoms with Crippen LogP contribution in [0.3, 0.4) is 0 Å². The minimum atomic E-state index is 0.552. The molecule has 0 aliphatic heterocycles. The molecule has 0 radical (unpaired) electrons. The van der Waals surface area contributed by atoms with Crippen molar-refractivity contribution in [3.05, 3.63) is 46.7 Å². The van der Waals surface area contributed by atoms with E-state index < -0.39 is 0 Å². The zero-order valence-corrected chi connectivity index (χ0v) is 10.8. The molecule has 18 heavy (non-hydrogen) atoms. The van der Waals surface area contributed by atoms with E-state index >= 15 is 0 Å². The lowest BCUT2D eigenvalue weighted by atomic mass is 10.2. The Labute approximate surface area is 111 Å². The maximum Gasteiger partial charge on any atom is 0.0992 e. The Hall–Kier alpha value is -1.99. The third-order valence-electron chi connectivity index (χ3n) is 2.66. The first-order chi connectivity index (χ1) is 8.74.